The molecule has 0 unspecified atom stereocenters. The molecule has 0 radical (unpaired) electrons. The van der Waals surface area contributed by atoms with Crippen LogP contribution in [0.5, 0.6) is 0 Å². The molecule has 0 atom stereocenters. The Morgan fingerprint density at radius 2 is 1.91 bits per heavy atom. The molecular formula is C16H18ClN4S+. The van der Waals surface area contributed by atoms with E-state index < -0.39 is 0 Å². The molecule has 22 heavy (non-hydrogen) atoms. The normalized spacial score (nSPS) is 14.8. The minimum Gasteiger partial charge on any atom is -0.341 e. The van der Waals surface area contributed by atoms with Crippen LogP contribution in [0.2, 0.25) is 5.02 Å². The van der Waals surface area contributed by atoms with Crippen molar-refractivity contribution in [1.29, 1.82) is 0 Å². The van der Waals surface area contributed by atoms with Crippen LogP contribution in [0.3, 0.4) is 0 Å². The number of aromatic amines is 1. The zero-order valence-corrected chi connectivity index (χ0v) is 13.7. The van der Waals surface area contributed by atoms with Crippen molar-refractivity contribution >= 4 is 40.4 Å². The van der Waals surface area contributed by atoms with Gasteiger partial charge in [0.2, 0.25) is 0 Å². The Morgan fingerprint density at radius 1 is 1.09 bits per heavy atom. The van der Waals surface area contributed by atoms with Crippen LogP contribution in [-0.2, 0) is 0 Å². The number of nitrogens with one attached hydrogen (secondary N) is 2. The first-order valence-corrected chi connectivity index (χ1v) is 8.04. The standard InChI is InChI=1S/C16H17ClN4S/c17-13-4-3-5-14(12-13)19-16(22)21-10-8-20(9-11-21)15-6-1-2-7-18-15/h1-7,12H,8-11H2,(H,19,22)/p+1. The SMILES string of the molecule is S=C(Nc1cccc(Cl)c1)N1CCN(c2cccc[nH+]2)CC1. The molecule has 6 heteroatoms. The van der Waals surface area contributed by atoms with Crippen LogP contribution in [0.15, 0.2) is 48.7 Å². The van der Waals surface area contributed by atoms with Gasteiger partial charge in [-0.05, 0) is 36.5 Å². The lowest BCUT2D eigenvalue weighted by molar-refractivity contribution is -0.364. The summed E-state index contributed by atoms with van der Waals surface area (Å²) < 4.78 is 0. The maximum atomic E-state index is 5.99. The van der Waals surface area contributed by atoms with Gasteiger partial charge in [0.05, 0.1) is 19.3 Å². The number of hydrogen-bond acceptors (Lipinski definition) is 2. The number of halogens is 1. The summed E-state index contributed by atoms with van der Waals surface area (Å²) >= 11 is 11.5. The molecule has 3 rings (SSSR count). The fraction of sp³-hybridized carbons (Fsp3) is 0.250. The Hall–Kier alpha value is -1.85. The zero-order valence-electron chi connectivity index (χ0n) is 12.1. The van der Waals surface area contributed by atoms with Crippen LogP contribution in [0, 0.1) is 0 Å². The van der Waals surface area contributed by atoms with Crippen molar-refractivity contribution in [1.82, 2.24) is 4.90 Å². The van der Waals surface area contributed by atoms with E-state index in [9.17, 15) is 0 Å². The van der Waals surface area contributed by atoms with Crippen molar-refractivity contribution in [2.75, 3.05) is 36.4 Å². The summed E-state index contributed by atoms with van der Waals surface area (Å²) in [5, 5.41) is 4.71. The van der Waals surface area contributed by atoms with Crippen LogP contribution in [0.1, 0.15) is 0 Å². The summed E-state index contributed by atoms with van der Waals surface area (Å²) in [4.78, 5) is 7.79. The first kappa shape index (κ1) is 15.1. The van der Waals surface area contributed by atoms with Crippen molar-refractivity contribution in [2.24, 2.45) is 0 Å². The van der Waals surface area contributed by atoms with E-state index in [-0.39, 0.29) is 0 Å². The molecule has 1 aliphatic rings. The second-order valence-corrected chi connectivity index (χ2v) is 5.99. The fourth-order valence-electron chi connectivity index (χ4n) is 2.50. The molecule has 0 aliphatic carbocycles. The number of benzene rings is 1. The molecule has 0 bridgehead atoms. The first-order chi connectivity index (χ1) is 10.7. The molecule has 2 aromatic rings. The van der Waals surface area contributed by atoms with Gasteiger partial charge in [-0.15, -0.1) is 0 Å². The lowest BCUT2D eigenvalue weighted by atomic mass is 10.3. The molecule has 2 N–H and O–H groups in total. The van der Waals surface area contributed by atoms with Crippen molar-refractivity contribution < 1.29 is 4.98 Å². The maximum Gasteiger partial charge on any atom is 0.274 e. The molecule has 1 saturated heterocycles. The largest absolute Gasteiger partial charge is 0.341 e. The van der Waals surface area contributed by atoms with Crippen LogP contribution in [0.25, 0.3) is 0 Å². The molecule has 0 saturated carbocycles. The zero-order chi connectivity index (χ0) is 15.4. The minimum atomic E-state index is 0.706. The predicted octanol–water partition coefficient (Wildman–Crippen LogP) is 2.67. The highest BCUT2D eigenvalue weighted by Crippen LogP contribution is 2.16. The Kier molecular flexibility index (Phi) is 4.75. The molecule has 1 aromatic carbocycles. The van der Waals surface area contributed by atoms with Crippen LogP contribution >= 0.6 is 23.8 Å². The van der Waals surface area contributed by atoms with Gasteiger partial charge in [-0.25, -0.2) is 4.98 Å². The van der Waals surface area contributed by atoms with E-state index in [2.05, 4.69) is 26.2 Å². The van der Waals surface area contributed by atoms with Crippen molar-refractivity contribution in [3.05, 3.63) is 53.7 Å². The molecule has 1 aliphatic heterocycles. The molecular weight excluding hydrogens is 316 g/mol. The van der Waals surface area contributed by atoms with Gasteiger partial charge in [-0.1, -0.05) is 23.7 Å². The number of pyridine rings is 1. The topological polar surface area (TPSA) is 32.6 Å². The van der Waals surface area contributed by atoms with Gasteiger partial charge >= 0.3 is 0 Å². The third-order valence-electron chi connectivity index (χ3n) is 3.68. The molecule has 4 nitrogen and oxygen atoms in total. The highest BCUT2D eigenvalue weighted by atomic mass is 35.5. The second kappa shape index (κ2) is 6.94. The van der Waals surface area contributed by atoms with E-state index >= 15 is 0 Å². The van der Waals surface area contributed by atoms with Crippen LogP contribution in [0.4, 0.5) is 11.5 Å². The Morgan fingerprint density at radius 3 is 2.59 bits per heavy atom. The Labute approximate surface area is 140 Å². The average Bonchev–Trinajstić information content (AvgIpc) is 2.56. The summed E-state index contributed by atoms with van der Waals surface area (Å²) in [7, 11) is 0. The third-order valence-corrected chi connectivity index (χ3v) is 4.27. The van der Waals surface area contributed by atoms with E-state index in [4.69, 9.17) is 23.8 Å². The van der Waals surface area contributed by atoms with Crippen molar-refractivity contribution in [3.8, 4) is 0 Å². The number of nitrogens with zero attached hydrogens (tertiary/aromatic N) is 2. The van der Waals surface area contributed by atoms with Gasteiger partial charge in [0, 0.05) is 16.8 Å². The second-order valence-electron chi connectivity index (χ2n) is 5.16. The Balaban J connectivity index is 1.56. The van der Waals surface area contributed by atoms with Crippen molar-refractivity contribution in [2.45, 2.75) is 0 Å². The minimum absolute atomic E-state index is 0.706. The number of anilines is 2. The molecule has 0 amide bonds. The van der Waals surface area contributed by atoms with Crippen molar-refractivity contribution in [3.63, 3.8) is 0 Å². The monoisotopic (exact) mass is 333 g/mol. The van der Waals surface area contributed by atoms with E-state index in [1.807, 2.05) is 42.6 Å². The van der Waals surface area contributed by atoms with E-state index in [1.54, 1.807) is 0 Å². The number of aromatic nitrogens is 1. The first-order valence-electron chi connectivity index (χ1n) is 7.25. The number of thiocarbonyl (C=S) groups is 1. The van der Waals surface area contributed by atoms with E-state index in [0.717, 1.165) is 42.8 Å². The maximum absolute atomic E-state index is 5.99. The highest BCUT2D eigenvalue weighted by Gasteiger charge is 2.24. The highest BCUT2D eigenvalue weighted by molar-refractivity contribution is 7.80. The van der Waals surface area contributed by atoms with Gasteiger partial charge in [-0.3, -0.25) is 4.90 Å². The number of piperazine rings is 1. The van der Waals surface area contributed by atoms with Gasteiger partial charge in [0.25, 0.3) is 5.82 Å². The molecule has 2 heterocycles. The lowest BCUT2D eigenvalue weighted by Gasteiger charge is -2.32. The Bertz CT molecular complexity index is 642. The summed E-state index contributed by atoms with van der Waals surface area (Å²) in [6.07, 6.45) is 1.95. The van der Waals surface area contributed by atoms with Crippen LogP contribution < -0.4 is 15.2 Å². The number of H-pyrrole nitrogens is 1. The smallest absolute Gasteiger partial charge is 0.274 e. The number of hydrogen-bond donors (Lipinski definition) is 1. The molecule has 0 spiro atoms. The molecule has 1 aromatic heterocycles. The molecule has 114 valence electrons. The fourth-order valence-corrected chi connectivity index (χ4v) is 2.99. The van der Waals surface area contributed by atoms with Crippen LogP contribution in [-0.4, -0.2) is 36.2 Å². The number of rotatable bonds is 2. The summed E-state index contributed by atoms with van der Waals surface area (Å²) in [5.74, 6) is 1.15. The van der Waals surface area contributed by atoms with E-state index in [0.29, 0.717) is 5.02 Å². The predicted molar refractivity (Wildman–Crippen MR) is 94.5 cm³/mol. The van der Waals surface area contributed by atoms with E-state index in [1.165, 1.54) is 0 Å². The summed E-state index contributed by atoms with van der Waals surface area (Å²) in [6.45, 7) is 3.68. The van der Waals surface area contributed by atoms with Gasteiger partial charge in [0.15, 0.2) is 5.11 Å². The summed E-state index contributed by atoms with van der Waals surface area (Å²) in [6, 6.07) is 13.7. The summed E-state index contributed by atoms with van der Waals surface area (Å²) in [5.41, 5.74) is 0.927. The van der Waals surface area contributed by atoms with Gasteiger partial charge < -0.3 is 10.2 Å². The average molecular weight is 334 g/mol. The van der Waals surface area contributed by atoms with Gasteiger partial charge in [-0.2, -0.15) is 0 Å². The lowest BCUT2D eigenvalue weighted by Crippen LogP contribution is -2.51. The quantitative estimate of drug-likeness (QED) is 0.857. The molecule has 1 fully saturated rings. The van der Waals surface area contributed by atoms with Gasteiger partial charge in [0.1, 0.15) is 13.1 Å². The third kappa shape index (κ3) is 3.67.